The molecule has 0 saturated carbocycles. The molecule has 1 aromatic heterocycles. The number of fused-ring (bicyclic) bond motifs is 4. The molecule has 0 radical (unpaired) electrons. The van der Waals surface area contributed by atoms with Crippen LogP contribution in [0.1, 0.15) is 43.5 Å². The smallest absolute Gasteiger partial charge is 0.200 e. The maximum atomic E-state index is 6.62. The highest BCUT2D eigenvalue weighted by Crippen LogP contribution is 2.49. The second-order valence-electron chi connectivity index (χ2n) is 7.35. The molecule has 1 spiro atoms. The Morgan fingerprint density at radius 2 is 1.92 bits per heavy atom. The van der Waals surface area contributed by atoms with E-state index in [1.807, 2.05) is 18.3 Å². The Morgan fingerprint density at radius 1 is 1.12 bits per heavy atom. The van der Waals surface area contributed by atoms with Crippen LogP contribution >= 0.6 is 0 Å². The first-order valence-electron chi connectivity index (χ1n) is 9.57. The molecule has 1 aromatic carbocycles. The number of benzene rings is 1. The quantitative estimate of drug-likeness (QED) is 0.834. The van der Waals surface area contributed by atoms with Crippen molar-refractivity contribution in [3.8, 4) is 5.75 Å². The second-order valence-corrected chi connectivity index (χ2v) is 7.35. The molecule has 5 nitrogen and oxygen atoms in total. The summed E-state index contributed by atoms with van der Waals surface area (Å²) in [7, 11) is 0. The predicted octanol–water partition coefficient (Wildman–Crippen LogP) is 3.44. The molecule has 0 N–H and O–H groups in total. The van der Waals surface area contributed by atoms with Gasteiger partial charge in [-0.1, -0.05) is 31.2 Å². The van der Waals surface area contributed by atoms with Crippen molar-refractivity contribution in [1.82, 2.24) is 14.9 Å². The highest BCUT2D eigenvalue weighted by atomic mass is 16.5. The van der Waals surface area contributed by atoms with Crippen LogP contribution in [0.4, 0.5) is 0 Å². The zero-order valence-electron chi connectivity index (χ0n) is 15.1. The molecule has 2 aromatic rings. The van der Waals surface area contributed by atoms with Gasteiger partial charge in [0.05, 0.1) is 17.4 Å². The lowest BCUT2D eigenvalue weighted by atomic mass is 9.91. The average molecular weight is 348 g/mol. The number of aromatic nitrogens is 1. The van der Waals surface area contributed by atoms with E-state index in [4.69, 9.17) is 9.84 Å². The van der Waals surface area contributed by atoms with Gasteiger partial charge in [-0.15, -0.1) is 0 Å². The average Bonchev–Trinajstić information content (AvgIpc) is 3.16. The molecule has 0 aliphatic carbocycles. The number of ether oxygens (including phenoxy) is 1. The lowest BCUT2D eigenvalue weighted by molar-refractivity contribution is -0.149. The fraction of sp³-hybridized carbons (Fsp3) is 0.429. The topological polar surface area (TPSA) is 41.0 Å². The van der Waals surface area contributed by atoms with Gasteiger partial charge in [0.2, 0.25) is 5.72 Å². The van der Waals surface area contributed by atoms with Gasteiger partial charge >= 0.3 is 0 Å². The predicted molar refractivity (Wildman–Crippen MR) is 101 cm³/mol. The first-order chi connectivity index (χ1) is 12.8. The van der Waals surface area contributed by atoms with E-state index >= 15 is 0 Å². The third-order valence-electron chi connectivity index (χ3n) is 5.95. The molecule has 0 amide bonds. The van der Waals surface area contributed by atoms with Crippen molar-refractivity contribution in [2.75, 3.05) is 19.6 Å². The van der Waals surface area contributed by atoms with Crippen LogP contribution < -0.4 is 4.74 Å². The molecule has 0 bridgehead atoms. The van der Waals surface area contributed by atoms with E-state index in [1.165, 1.54) is 5.56 Å². The fourth-order valence-corrected chi connectivity index (χ4v) is 4.47. The molecule has 134 valence electrons. The minimum absolute atomic E-state index is 0.241. The maximum absolute atomic E-state index is 6.62. The Kier molecular flexibility index (Phi) is 3.71. The van der Waals surface area contributed by atoms with E-state index in [0.717, 1.165) is 56.1 Å². The van der Waals surface area contributed by atoms with Crippen LogP contribution in [0.2, 0.25) is 0 Å². The van der Waals surface area contributed by atoms with Gasteiger partial charge in [0.25, 0.3) is 0 Å². The number of rotatable bonds is 2. The molecule has 3 aliphatic heterocycles. The zero-order valence-corrected chi connectivity index (χ0v) is 15.1. The van der Waals surface area contributed by atoms with Crippen molar-refractivity contribution in [2.45, 2.75) is 38.0 Å². The Balaban J connectivity index is 1.55. The number of para-hydroxylation sites is 1. The summed E-state index contributed by atoms with van der Waals surface area (Å²) in [6, 6.07) is 14.7. The Morgan fingerprint density at radius 3 is 2.69 bits per heavy atom. The van der Waals surface area contributed by atoms with Crippen molar-refractivity contribution < 1.29 is 4.74 Å². The third kappa shape index (κ3) is 2.42. The summed E-state index contributed by atoms with van der Waals surface area (Å²) in [6.45, 7) is 5.43. The van der Waals surface area contributed by atoms with Crippen molar-refractivity contribution in [2.24, 2.45) is 5.10 Å². The van der Waals surface area contributed by atoms with Gasteiger partial charge in [-0.25, -0.2) is 5.01 Å². The summed E-state index contributed by atoms with van der Waals surface area (Å²) in [4.78, 5) is 7.02. The van der Waals surface area contributed by atoms with Crippen LogP contribution in [0.3, 0.4) is 0 Å². The summed E-state index contributed by atoms with van der Waals surface area (Å²) in [5.74, 6) is 1.02. The molecule has 5 heteroatoms. The van der Waals surface area contributed by atoms with E-state index < -0.39 is 0 Å². The monoisotopic (exact) mass is 348 g/mol. The molecular weight excluding hydrogens is 324 g/mol. The number of likely N-dealkylation sites (tertiary alicyclic amines) is 1. The molecule has 1 saturated heterocycles. The summed E-state index contributed by atoms with van der Waals surface area (Å²) < 4.78 is 6.62. The molecule has 26 heavy (non-hydrogen) atoms. The van der Waals surface area contributed by atoms with Gasteiger partial charge in [-0.3, -0.25) is 4.98 Å². The Hall–Kier alpha value is -2.40. The van der Waals surface area contributed by atoms with Gasteiger partial charge in [0.1, 0.15) is 5.75 Å². The molecule has 3 aliphatic rings. The molecule has 1 atom stereocenters. The van der Waals surface area contributed by atoms with Crippen molar-refractivity contribution in [3.05, 3.63) is 59.9 Å². The first kappa shape index (κ1) is 15.8. The minimum atomic E-state index is -0.332. The van der Waals surface area contributed by atoms with E-state index in [0.29, 0.717) is 0 Å². The van der Waals surface area contributed by atoms with E-state index in [-0.39, 0.29) is 11.8 Å². The molecular formula is C21H24N4O. The van der Waals surface area contributed by atoms with Gasteiger partial charge in [0, 0.05) is 44.1 Å². The number of hydrogen-bond donors (Lipinski definition) is 0. The standard InChI is InChI=1S/C21H24N4O/c1-2-24-13-10-21(11-14-24)25-19(16-7-3-4-9-20(16)26-21)15-18(23-25)17-8-5-6-12-22-17/h3-9,12,19H,2,10-11,13-15H2,1H3/t19-/m0/s1. The third-order valence-corrected chi connectivity index (χ3v) is 5.95. The van der Waals surface area contributed by atoms with Gasteiger partial charge < -0.3 is 9.64 Å². The van der Waals surface area contributed by atoms with Crippen LogP contribution in [0, 0.1) is 0 Å². The molecule has 0 unspecified atom stereocenters. The number of hydrogen-bond acceptors (Lipinski definition) is 5. The van der Waals surface area contributed by atoms with Crippen LogP contribution in [0.5, 0.6) is 5.75 Å². The maximum Gasteiger partial charge on any atom is 0.200 e. The van der Waals surface area contributed by atoms with Crippen LogP contribution in [0.25, 0.3) is 0 Å². The molecule has 5 rings (SSSR count). The number of piperidine rings is 1. The summed E-state index contributed by atoms with van der Waals surface area (Å²) in [5, 5.41) is 7.31. The zero-order chi connectivity index (χ0) is 17.6. The highest BCUT2D eigenvalue weighted by molar-refractivity contribution is 6.00. The van der Waals surface area contributed by atoms with Gasteiger partial charge in [-0.05, 0) is 24.7 Å². The summed E-state index contributed by atoms with van der Waals surface area (Å²) in [5.41, 5.74) is 2.95. The van der Waals surface area contributed by atoms with Crippen molar-refractivity contribution in [3.63, 3.8) is 0 Å². The van der Waals surface area contributed by atoms with E-state index in [1.54, 1.807) is 0 Å². The fourth-order valence-electron chi connectivity index (χ4n) is 4.47. The number of hydrazone groups is 1. The van der Waals surface area contributed by atoms with Crippen LogP contribution in [-0.2, 0) is 0 Å². The lowest BCUT2D eigenvalue weighted by Crippen LogP contribution is -2.59. The first-order valence-corrected chi connectivity index (χ1v) is 9.57. The van der Waals surface area contributed by atoms with E-state index in [2.05, 4.69) is 52.1 Å². The highest BCUT2D eigenvalue weighted by Gasteiger charge is 2.51. The largest absolute Gasteiger partial charge is 0.466 e. The summed E-state index contributed by atoms with van der Waals surface area (Å²) >= 11 is 0. The lowest BCUT2D eigenvalue weighted by Gasteiger charge is -2.51. The molecule has 1 fully saturated rings. The second kappa shape index (κ2) is 6.09. The van der Waals surface area contributed by atoms with E-state index in [9.17, 15) is 0 Å². The van der Waals surface area contributed by atoms with Gasteiger partial charge in [0.15, 0.2) is 0 Å². The van der Waals surface area contributed by atoms with Gasteiger partial charge in [-0.2, -0.15) is 5.10 Å². The van der Waals surface area contributed by atoms with Crippen molar-refractivity contribution >= 4 is 5.71 Å². The normalized spacial score (nSPS) is 24.0. The number of pyridine rings is 1. The number of nitrogens with zero attached hydrogens (tertiary/aromatic N) is 4. The van der Waals surface area contributed by atoms with Crippen LogP contribution in [-0.4, -0.2) is 46.0 Å². The Bertz CT molecular complexity index is 827. The SMILES string of the molecule is CCN1CCC2(CC1)Oc1ccccc1[C@@H]1CC(c3ccccn3)=NN12. The van der Waals surface area contributed by atoms with Crippen molar-refractivity contribution in [1.29, 1.82) is 0 Å². The van der Waals surface area contributed by atoms with Crippen LogP contribution in [0.15, 0.2) is 53.8 Å². The molecule has 4 heterocycles. The Labute approximate surface area is 154 Å². The minimum Gasteiger partial charge on any atom is -0.466 e. The summed E-state index contributed by atoms with van der Waals surface area (Å²) in [6.07, 6.45) is 4.68.